The first-order valence-corrected chi connectivity index (χ1v) is 8.43. The van der Waals surface area contributed by atoms with E-state index in [1.54, 1.807) is 11.8 Å². The lowest BCUT2D eigenvalue weighted by Gasteiger charge is -2.11. The van der Waals surface area contributed by atoms with Crippen LogP contribution in [0, 0.1) is 0 Å². The number of carbonyl (C=O) groups excluding carboxylic acids is 1. The average Bonchev–Trinajstić information content (AvgIpc) is 2.96. The van der Waals surface area contributed by atoms with Gasteiger partial charge in [0.25, 0.3) is 0 Å². The Hall–Kier alpha value is -0.710. The van der Waals surface area contributed by atoms with Crippen LogP contribution in [0.3, 0.4) is 0 Å². The Morgan fingerprint density at radius 2 is 2.00 bits per heavy atom. The minimum Gasteiger partial charge on any atom is -0.273 e. The van der Waals surface area contributed by atoms with Gasteiger partial charge in [-0.15, -0.1) is 11.8 Å². The molecule has 0 radical (unpaired) electrons. The number of nitrogens with one attached hydrogen (secondary N) is 1. The lowest BCUT2D eigenvalue weighted by molar-refractivity contribution is -0.138. The first-order valence-electron chi connectivity index (χ1n) is 7.07. The molecule has 1 aromatic carbocycles. The van der Waals surface area contributed by atoms with Gasteiger partial charge < -0.3 is 0 Å². The van der Waals surface area contributed by atoms with Crippen LogP contribution >= 0.6 is 23.4 Å². The molecule has 1 N–H and O–H groups in total. The SMILES string of the molecule is O=C(CCCSc1ccc(Cl)cc1)NOC1CCCC1. The van der Waals surface area contributed by atoms with Gasteiger partial charge in [-0.3, -0.25) is 9.63 Å². The van der Waals surface area contributed by atoms with Crippen molar-refractivity contribution in [3.63, 3.8) is 0 Å². The number of rotatable bonds is 7. The van der Waals surface area contributed by atoms with E-state index >= 15 is 0 Å². The lowest BCUT2D eigenvalue weighted by atomic mass is 10.3. The third-order valence-corrected chi connectivity index (χ3v) is 4.62. The maximum absolute atomic E-state index is 11.6. The predicted octanol–water partition coefficient (Wildman–Crippen LogP) is 4.20. The zero-order chi connectivity index (χ0) is 14.2. The van der Waals surface area contributed by atoms with Crippen LogP contribution in [-0.2, 0) is 9.63 Å². The highest BCUT2D eigenvalue weighted by Crippen LogP contribution is 2.22. The lowest BCUT2D eigenvalue weighted by Crippen LogP contribution is -2.28. The summed E-state index contributed by atoms with van der Waals surface area (Å²) in [6, 6.07) is 7.75. The highest BCUT2D eigenvalue weighted by Gasteiger charge is 2.16. The van der Waals surface area contributed by atoms with Gasteiger partial charge in [0, 0.05) is 16.3 Å². The smallest absolute Gasteiger partial charge is 0.243 e. The van der Waals surface area contributed by atoms with E-state index < -0.39 is 0 Å². The normalized spacial score (nSPS) is 15.4. The summed E-state index contributed by atoms with van der Waals surface area (Å²) in [6.07, 6.45) is 6.11. The number of halogens is 1. The van der Waals surface area contributed by atoms with Crippen LogP contribution in [0.25, 0.3) is 0 Å². The topological polar surface area (TPSA) is 38.3 Å². The molecule has 20 heavy (non-hydrogen) atoms. The van der Waals surface area contributed by atoms with Gasteiger partial charge in [0.2, 0.25) is 5.91 Å². The van der Waals surface area contributed by atoms with Crippen LogP contribution < -0.4 is 5.48 Å². The molecule has 1 saturated carbocycles. The molecule has 0 heterocycles. The Labute approximate surface area is 129 Å². The van der Waals surface area contributed by atoms with Crippen LogP contribution in [-0.4, -0.2) is 17.8 Å². The molecule has 0 aromatic heterocycles. The maximum Gasteiger partial charge on any atom is 0.243 e. The molecule has 1 aliphatic rings. The number of thioether (sulfide) groups is 1. The van der Waals surface area contributed by atoms with E-state index in [0.29, 0.717) is 6.42 Å². The van der Waals surface area contributed by atoms with Crippen LogP contribution in [0.4, 0.5) is 0 Å². The molecular formula is C15H20ClNO2S. The molecule has 0 saturated heterocycles. The zero-order valence-corrected chi connectivity index (χ0v) is 13.0. The first kappa shape index (κ1) is 15.7. The number of hydrogen-bond donors (Lipinski definition) is 1. The second-order valence-corrected chi connectivity index (χ2v) is 6.56. The zero-order valence-electron chi connectivity index (χ0n) is 11.4. The van der Waals surface area contributed by atoms with E-state index in [9.17, 15) is 4.79 Å². The van der Waals surface area contributed by atoms with Gasteiger partial charge in [-0.25, -0.2) is 5.48 Å². The van der Waals surface area contributed by atoms with Gasteiger partial charge >= 0.3 is 0 Å². The van der Waals surface area contributed by atoms with Crippen molar-refractivity contribution < 1.29 is 9.63 Å². The van der Waals surface area contributed by atoms with Crippen molar-refractivity contribution in [2.45, 2.75) is 49.5 Å². The summed E-state index contributed by atoms with van der Waals surface area (Å²) in [4.78, 5) is 18.1. The van der Waals surface area contributed by atoms with E-state index in [0.717, 1.165) is 30.0 Å². The Kier molecular flexibility index (Phi) is 6.70. The maximum atomic E-state index is 11.6. The minimum absolute atomic E-state index is 0.0198. The summed E-state index contributed by atoms with van der Waals surface area (Å²) in [5.41, 5.74) is 2.57. The van der Waals surface area contributed by atoms with Gasteiger partial charge in [0.1, 0.15) is 0 Å². The van der Waals surface area contributed by atoms with Crippen molar-refractivity contribution in [2.75, 3.05) is 5.75 Å². The molecule has 0 spiro atoms. The molecule has 0 unspecified atom stereocenters. The number of amides is 1. The number of hydrogen-bond acceptors (Lipinski definition) is 3. The summed E-state index contributed by atoms with van der Waals surface area (Å²) in [6.45, 7) is 0. The molecule has 0 atom stereocenters. The third-order valence-electron chi connectivity index (χ3n) is 3.27. The molecule has 5 heteroatoms. The second kappa shape index (κ2) is 8.55. The molecule has 2 rings (SSSR count). The van der Waals surface area contributed by atoms with Crippen molar-refractivity contribution in [2.24, 2.45) is 0 Å². The van der Waals surface area contributed by atoms with Crippen molar-refractivity contribution in [3.8, 4) is 0 Å². The van der Waals surface area contributed by atoms with Crippen LogP contribution in [0.15, 0.2) is 29.2 Å². The standard InChI is InChI=1S/C15H20ClNO2S/c16-12-7-9-14(10-8-12)20-11-3-6-15(18)17-19-13-4-1-2-5-13/h7-10,13H,1-6,11H2,(H,17,18). The van der Waals surface area contributed by atoms with Crippen LogP contribution in [0.2, 0.25) is 5.02 Å². The predicted molar refractivity (Wildman–Crippen MR) is 82.9 cm³/mol. The number of benzene rings is 1. The quantitative estimate of drug-likeness (QED) is 0.466. The van der Waals surface area contributed by atoms with Crippen LogP contribution in [0.5, 0.6) is 0 Å². The largest absolute Gasteiger partial charge is 0.273 e. The van der Waals surface area contributed by atoms with Gasteiger partial charge in [0.05, 0.1) is 6.10 Å². The molecule has 1 aromatic rings. The van der Waals surface area contributed by atoms with Gasteiger partial charge in [-0.2, -0.15) is 0 Å². The fraction of sp³-hybridized carbons (Fsp3) is 0.533. The Morgan fingerprint density at radius 1 is 1.30 bits per heavy atom. The summed E-state index contributed by atoms with van der Waals surface area (Å²) >= 11 is 7.56. The van der Waals surface area contributed by atoms with Crippen molar-refractivity contribution >= 4 is 29.3 Å². The van der Waals surface area contributed by atoms with E-state index in [1.165, 1.54) is 17.7 Å². The van der Waals surface area contributed by atoms with Gasteiger partial charge in [-0.05, 0) is 49.3 Å². The van der Waals surface area contributed by atoms with Crippen molar-refractivity contribution in [3.05, 3.63) is 29.3 Å². The molecule has 1 amide bonds. The Balaban J connectivity index is 1.53. The summed E-state index contributed by atoms with van der Waals surface area (Å²) < 4.78 is 0. The number of hydroxylamine groups is 1. The highest BCUT2D eigenvalue weighted by molar-refractivity contribution is 7.99. The molecule has 3 nitrogen and oxygen atoms in total. The minimum atomic E-state index is -0.0198. The van der Waals surface area contributed by atoms with Crippen molar-refractivity contribution in [1.29, 1.82) is 0 Å². The Bertz CT molecular complexity index is 418. The first-order chi connectivity index (χ1) is 9.74. The molecular weight excluding hydrogens is 294 g/mol. The summed E-state index contributed by atoms with van der Waals surface area (Å²) in [7, 11) is 0. The van der Waals surface area contributed by atoms with E-state index in [4.69, 9.17) is 16.4 Å². The van der Waals surface area contributed by atoms with Crippen LogP contribution in [0.1, 0.15) is 38.5 Å². The van der Waals surface area contributed by atoms with E-state index in [-0.39, 0.29) is 12.0 Å². The fourth-order valence-corrected chi connectivity index (χ4v) is 3.14. The third kappa shape index (κ3) is 5.73. The van der Waals surface area contributed by atoms with Crippen molar-refractivity contribution in [1.82, 2.24) is 5.48 Å². The monoisotopic (exact) mass is 313 g/mol. The fourth-order valence-electron chi connectivity index (χ4n) is 2.16. The van der Waals surface area contributed by atoms with Gasteiger partial charge in [0.15, 0.2) is 0 Å². The Morgan fingerprint density at radius 3 is 2.70 bits per heavy atom. The average molecular weight is 314 g/mol. The summed E-state index contributed by atoms with van der Waals surface area (Å²) in [5.74, 6) is 0.895. The summed E-state index contributed by atoms with van der Waals surface area (Å²) in [5, 5.41) is 0.748. The molecule has 0 bridgehead atoms. The van der Waals surface area contributed by atoms with E-state index in [1.807, 2.05) is 24.3 Å². The number of carbonyl (C=O) groups is 1. The van der Waals surface area contributed by atoms with E-state index in [2.05, 4.69) is 5.48 Å². The molecule has 0 aliphatic heterocycles. The molecule has 1 aliphatic carbocycles. The molecule has 1 fully saturated rings. The second-order valence-electron chi connectivity index (χ2n) is 4.96. The highest BCUT2D eigenvalue weighted by atomic mass is 35.5. The van der Waals surface area contributed by atoms with Gasteiger partial charge in [-0.1, -0.05) is 24.4 Å². The molecule has 110 valence electrons.